The molecule has 6 heteroatoms. The number of hydrogen-bond donors (Lipinski definition) is 3. The van der Waals surface area contributed by atoms with Gasteiger partial charge in [-0.15, -0.1) is 12.4 Å². The van der Waals surface area contributed by atoms with Crippen molar-refractivity contribution in [2.24, 2.45) is 5.92 Å². The minimum atomic E-state index is -0.751. The fraction of sp³-hybridized carbons (Fsp3) is 0.588. The number of amides is 1. The number of aliphatic hydroxyl groups excluding tert-OH is 1. The number of halogens is 1. The van der Waals surface area contributed by atoms with Gasteiger partial charge in [0, 0.05) is 18.5 Å². The Morgan fingerprint density at radius 3 is 2.78 bits per heavy atom. The van der Waals surface area contributed by atoms with E-state index >= 15 is 0 Å². The maximum atomic E-state index is 11.9. The number of methoxy groups -OCH3 is 1. The van der Waals surface area contributed by atoms with Crippen LogP contribution >= 0.6 is 12.4 Å². The molecular weight excluding hydrogens is 316 g/mol. The Morgan fingerprint density at radius 2 is 2.09 bits per heavy atom. The van der Waals surface area contributed by atoms with Gasteiger partial charge in [0.25, 0.3) is 0 Å². The van der Waals surface area contributed by atoms with E-state index in [1.165, 1.54) is 0 Å². The fourth-order valence-electron chi connectivity index (χ4n) is 2.86. The normalized spacial score (nSPS) is 16.3. The van der Waals surface area contributed by atoms with Crippen molar-refractivity contribution in [3.8, 4) is 5.75 Å². The minimum Gasteiger partial charge on any atom is -0.496 e. The van der Waals surface area contributed by atoms with E-state index in [2.05, 4.69) is 10.6 Å². The number of para-hydroxylation sites is 1. The summed E-state index contributed by atoms with van der Waals surface area (Å²) in [5.41, 5.74) is 0.698. The van der Waals surface area contributed by atoms with Gasteiger partial charge < -0.3 is 20.5 Å². The van der Waals surface area contributed by atoms with E-state index in [4.69, 9.17) is 4.74 Å². The number of carbonyl (C=O) groups excluding carboxylic acids is 1. The van der Waals surface area contributed by atoms with E-state index in [0.717, 1.165) is 32.4 Å². The van der Waals surface area contributed by atoms with Crippen molar-refractivity contribution in [2.45, 2.75) is 31.8 Å². The van der Waals surface area contributed by atoms with Crippen LogP contribution in [-0.4, -0.2) is 37.8 Å². The molecule has 0 aliphatic carbocycles. The zero-order chi connectivity index (χ0) is 15.8. The second-order valence-corrected chi connectivity index (χ2v) is 5.79. The van der Waals surface area contributed by atoms with E-state index in [9.17, 15) is 9.90 Å². The van der Waals surface area contributed by atoms with Crippen LogP contribution in [-0.2, 0) is 4.79 Å². The third-order valence-corrected chi connectivity index (χ3v) is 4.23. The topological polar surface area (TPSA) is 70.6 Å². The largest absolute Gasteiger partial charge is 0.496 e. The monoisotopic (exact) mass is 342 g/mol. The summed E-state index contributed by atoms with van der Waals surface area (Å²) in [6.45, 7) is 2.32. The van der Waals surface area contributed by atoms with Gasteiger partial charge in [0.15, 0.2) is 0 Å². The van der Waals surface area contributed by atoms with Gasteiger partial charge in [0.1, 0.15) is 5.75 Å². The Hall–Kier alpha value is -1.30. The minimum absolute atomic E-state index is 0. The van der Waals surface area contributed by atoms with Crippen molar-refractivity contribution in [1.82, 2.24) is 10.6 Å². The van der Waals surface area contributed by atoms with Gasteiger partial charge in [-0.05, 0) is 44.3 Å². The molecule has 0 saturated carbocycles. The fourth-order valence-corrected chi connectivity index (χ4v) is 2.86. The summed E-state index contributed by atoms with van der Waals surface area (Å²) in [5.74, 6) is 1.29. The molecule has 1 saturated heterocycles. The van der Waals surface area contributed by atoms with Gasteiger partial charge in [-0.2, -0.15) is 0 Å². The molecule has 1 atom stereocenters. The highest BCUT2D eigenvalue weighted by Gasteiger charge is 2.16. The molecule has 1 aromatic rings. The summed E-state index contributed by atoms with van der Waals surface area (Å²) >= 11 is 0. The molecule has 0 spiro atoms. The average molecular weight is 343 g/mol. The van der Waals surface area contributed by atoms with E-state index < -0.39 is 6.10 Å². The first kappa shape index (κ1) is 19.7. The smallest absolute Gasteiger partial charge is 0.220 e. The molecule has 1 unspecified atom stereocenters. The average Bonchev–Trinajstić information content (AvgIpc) is 2.58. The first-order chi connectivity index (χ1) is 10.7. The number of nitrogens with one attached hydrogen (secondary N) is 2. The van der Waals surface area contributed by atoms with Crippen LogP contribution in [0.1, 0.15) is 37.4 Å². The van der Waals surface area contributed by atoms with E-state index in [1.54, 1.807) is 13.2 Å². The summed E-state index contributed by atoms with van der Waals surface area (Å²) in [4.78, 5) is 11.9. The summed E-state index contributed by atoms with van der Waals surface area (Å²) in [6.07, 6.45) is 3.01. The van der Waals surface area contributed by atoms with Crippen molar-refractivity contribution in [3.63, 3.8) is 0 Å². The number of piperidine rings is 1. The molecular formula is C17H27ClN2O3. The lowest BCUT2D eigenvalue weighted by Crippen LogP contribution is -2.31. The van der Waals surface area contributed by atoms with Crippen molar-refractivity contribution in [1.29, 1.82) is 0 Å². The highest BCUT2D eigenvalue weighted by molar-refractivity contribution is 5.85. The molecule has 5 nitrogen and oxygen atoms in total. The Labute approximate surface area is 144 Å². The van der Waals surface area contributed by atoms with Crippen molar-refractivity contribution in [3.05, 3.63) is 29.8 Å². The maximum absolute atomic E-state index is 11.9. The molecule has 1 heterocycles. The number of benzene rings is 1. The Kier molecular flexibility index (Phi) is 8.99. The Bertz CT molecular complexity index is 479. The first-order valence-electron chi connectivity index (χ1n) is 7.99. The van der Waals surface area contributed by atoms with E-state index in [-0.39, 0.29) is 24.9 Å². The highest BCUT2D eigenvalue weighted by atomic mass is 35.5. The summed E-state index contributed by atoms with van der Waals surface area (Å²) in [7, 11) is 1.57. The molecule has 1 fully saturated rings. The SMILES string of the molecule is COc1ccccc1C(O)CNC(=O)CCC1CCNCC1.Cl. The van der Waals surface area contributed by atoms with Crippen LogP contribution in [0.5, 0.6) is 5.75 Å². The van der Waals surface area contributed by atoms with Gasteiger partial charge in [0.05, 0.1) is 13.2 Å². The third-order valence-electron chi connectivity index (χ3n) is 4.23. The van der Waals surface area contributed by atoms with Gasteiger partial charge in [0.2, 0.25) is 5.91 Å². The molecule has 1 aliphatic heterocycles. The Balaban J connectivity index is 0.00000264. The van der Waals surface area contributed by atoms with Crippen molar-refractivity contribution >= 4 is 18.3 Å². The zero-order valence-electron chi connectivity index (χ0n) is 13.6. The predicted octanol–water partition coefficient (Wildman–Crippen LogP) is 2.05. The highest BCUT2D eigenvalue weighted by Crippen LogP contribution is 2.24. The molecule has 23 heavy (non-hydrogen) atoms. The number of rotatable bonds is 7. The predicted molar refractivity (Wildman–Crippen MR) is 93.0 cm³/mol. The molecule has 3 N–H and O–H groups in total. The second kappa shape index (κ2) is 10.5. The van der Waals surface area contributed by atoms with Gasteiger partial charge in [-0.25, -0.2) is 0 Å². The van der Waals surface area contributed by atoms with Crippen LogP contribution in [0.3, 0.4) is 0 Å². The first-order valence-corrected chi connectivity index (χ1v) is 7.99. The van der Waals surface area contributed by atoms with E-state index in [1.807, 2.05) is 18.2 Å². The summed E-state index contributed by atoms with van der Waals surface area (Å²) in [6, 6.07) is 7.31. The molecule has 2 rings (SSSR count). The number of hydrogen-bond acceptors (Lipinski definition) is 4. The van der Waals surface area contributed by atoms with Crippen LogP contribution in [0.15, 0.2) is 24.3 Å². The third kappa shape index (κ3) is 6.37. The lowest BCUT2D eigenvalue weighted by atomic mass is 9.93. The van der Waals surface area contributed by atoms with Gasteiger partial charge in [-0.1, -0.05) is 18.2 Å². The standard InChI is InChI=1S/C17H26N2O3.ClH/c1-22-16-5-3-2-4-14(16)15(20)12-19-17(21)7-6-13-8-10-18-11-9-13;/h2-5,13,15,18,20H,6-12H2,1H3,(H,19,21);1H. The number of carbonyl (C=O) groups is 1. The van der Waals surface area contributed by atoms with E-state index in [0.29, 0.717) is 23.7 Å². The molecule has 0 aromatic heterocycles. The maximum Gasteiger partial charge on any atom is 0.220 e. The molecule has 0 radical (unpaired) electrons. The lowest BCUT2D eigenvalue weighted by Gasteiger charge is -2.22. The lowest BCUT2D eigenvalue weighted by molar-refractivity contribution is -0.121. The summed E-state index contributed by atoms with van der Waals surface area (Å²) in [5, 5.41) is 16.3. The van der Waals surface area contributed by atoms with Crippen LogP contribution in [0.4, 0.5) is 0 Å². The summed E-state index contributed by atoms with van der Waals surface area (Å²) < 4.78 is 5.22. The zero-order valence-corrected chi connectivity index (χ0v) is 14.4. The quantitative estimate of drug-likeness (QED) is 0.709. The van der Waals surface area contributed by atoms with Crippen LogP contribution in [0, 0.1) is 5.92 Å². The number of ether oxygens (including phenoxy) is 1. The Morgan fingerprint density at radius 1 is 1.39 bits per heavy atom. The molecule has 130 valence electrons. The van der Waals surface area contributed by atoms with Gasteiger partial charge in [-0.3, -0.25) is 4.79 Å². The molecule has 1 aromatic carbocycles. The van der Waals surface area contributed by atoms with Crippen molar-refractivity contribution < 1.29 is 14.6 Å². The second-order valence-electron chi connectivity index (χ2n) is 5.79. The van der Waals surface area contributed by atoms with Crippen LogP contribution < -0.4 is 15.4 Å². The van der Waals surface area contributed by atoms with Crippen LogP contribution in [0.25, 0.3) is 0 Å². The molecule has 1 amide bonds. The van der Waals surface area contributed by atoms with Gasteiger partial charge >= 0.3 is 0 Å². The molecule has 1 aliphatic rings. The van der Waals surface area contributed by atoms with Crippen molar-refractivity contribution in [2.75, 3.05) is 26.7 Å². The number of aliphatic hydroxyl groups is 1. The molecule has 0 bridgehead atoms. The van der Waals surface area contributed by atoms with Crippen LogP contribution in [0.2, 0.25) is 0 Å².